The molecule has 0 aliphatic rings. The first-order valence-electron chi connectivity index (χ1n) is 7.43. The smallest absolute Gasteiger partial charge is 0.208 e. The van der Waals surface area contributed by atoms with Crippen LogP contribution < -0.4 is 15.4 Å². The van der Waals surface area contributed by atoms with E-state index in [4.69, 9.17) is 5.73 Å². The topological polar surface area (TPSA) is 75.4 Å². The Labute approximate surface area is 128 Å². The monoisotopic (exact) mass is 313 g/mol. The number of benzene rings is 1. The van der Waals surface area contributed by atoms with Crippen molar-refractivity contribution < 1.29 is 8.42 Å². The number of likely N-dealkylation sites (N-methyl/N-ethyl adjacent to an activating group) is 1. The van der Waals surface area contributed by atoms with Crippen LogP contribution >= 0.6 is 0 Å². The minimum absolute atomic E-state index is 0.404. The predicted molar refractivity (Wildman–Crippen MR) is 90.3 cm³/mol. The maximum atomic E-state index is 11.2. The highest BCUT2D eigenvalue weighted by atomic mass is 32.2. The van der Waals surface area contributed by atoms with Crippen LogP contribution in [0.3, 0.4) is 0 Å². The van der Waals surface area contributed by atoms with Gasteiger partial charge in [0.1, 0.15) is 0 Å². The van der Waals surface area contributed by atoms with Gasteiger partial charge in [0.25, 0.3) is 0 Å². The van der Waals surface area contributed by atoms with Gasteiger partial charge < -0.3 is 10.6 Å². The summed E-state index contributed by atoms with van der Waals surface area (Å²) in [6, 6.07) is 3.98. The number of sulfonamides is 1. The largest absolute Gasteiger partial charge is 0.398 e. The molecule has 0 bridgehead atoms. The summed E-state index contributed by atoms with van der Waals surface area (Å²) < 4.78 is 24.9. The first-order chi connectivity index (χ1) is 9.84. The molecule has 0 amide bonds. The van der Waals surface area contributed by atoms with E-state index >= 15 is 0 Å². The Hall–Kier alpha value is -1.27. The van der Waals surface area contributed by atoms with Crippen molar-refractivity contribution in [1.29, 1.82) is 0 Å². The summed E-state index contributed by atoms with van der Waals surface area (Å²) in [6.45, 7) is 8.18. The Morgan fingerprint density at radius 2 is 1.76 bits per heavy atom. The van der Waals surface area contributed by atoms with Crippen molar-refractivity contribution >= 4 is 21.4 Å². The van der Waals surface area contributed by atoms with E-state index in [-0.39, 0.29) is 0 Å². The predicted octanol–water partition coefficient (Wildman–Crippen LogP) is 1.77. The van der Waals surface area contributed by atoms with E-state index in [9.17, 15) is 8.42 Å². The molecular weight excluding hydrogens is 286 g/mol. The molecule has 0 aromatic heterocycles. The molecule has 5 nitrogen and oxygen atoms in total. The van der Waals surface area contributed by atoms with Crippen LogP contribution in [0.15, 0.2) is 12.1 Å². The van der Waals surface area contributed by atoms with Crippen LogP contribution in [-0.2, 0) is 22.9 Å². The van der Waals surface area contributed by atoms with Crippen LogP contribution in [0.4, 0.5) is 11.4 Å². The summed E-state index contributed by atoms with van der Waals surface area (Å²) >= 11 is 0. The maximum Gasteiger partial charge on any atom is 0.208 e. The van der Waals surface area contributed by atoms with Crippen molar-refractivity contribution in [2.24, 2.45) is 0 Å². The van der Waals surface area contributed by atoms with E-state index in [0.717, 1.165) is 30.8 Å². The van der Waals surface area contributed by atoms with Crippen LogP contribution in [0.2, 0.25) is 0 Å². The van der Waals surface area contributed by atoms with E-state index in [0.29, 0.717) is 13.1 Å². The molecule has 1 aromatic carbocycles. The second kappa shape index (κ2) is 7.66. The number of nitrogen functional groups attached to an aromatic ring is 1. The van der Waals surface area contributed by atoms with Crippen LogP contribution in [0, 0.1) is 0 Å². The van der Waals surface area contributed by atoms with E-state index in [1.165, 1.54) is 17.4 Å². The summed E-state index contributed by atoms with van der Waals surface area (Å²) in [6.07, 6.45) is 3.00. The molecule has 0 saturated carbocycles. The number of hydrogen-bond acceptors (Lipinski definition) is 4. The fourth-order valence-corrected chi connectivity index (χ4v) is 3.08. The standard InChI is InChI=1S/C15H27N3O2S/c1-5-12-13(6-2)15(9-8-14(12)16)18(7-3)11-10-17-21(4,19)20/h8-9,17H,5-7,10-11,16H2,1-4H3. The molecule has 0 spiro atoms. The van der Waals surface area contributed by atoms with Crippen LogP contribution in [0.1, 0.15) is 31.9 Å². The minimum atomic E-state index is -3.14. The van der Waals surface area contributed by atoms with Crippen molar-refractivity contribution in [3.63, 3.8) is 0 Å². The van der Waals surface area contributed by atoms with Crippen molar-refractivity contribution in [1.82, 2.24) is 4.72 Å². The zero-order chi connectivity index (χ0) is 16.0. The van der Waals surface area contributed by atoms with Gasteiger partial charge in [-0.1, -0.05) is 13.8 Å². The molecule has 0 aliphatic carbocycles. The Balaban J connectivity index is 3.00. The van der Waals surface area contributed by atoms with Gasteiger partial charge in [-0.25, -0.2) is 13.1 Å². The molecule has 21 heavy (non-hydrogen) atoms. The third-order valence-corrected chi connectivity index (χ3v) is 4.35. The van der Waals surface area contributed by atoms with E-state index in [2.05, 4.69) is 30.4 Å². The Morgan fingerprint density at radius 3 is 2.24 bits per heavy atom. The molecule has 0 atom stereocenters. The van der Waals surface area contributed by atoms with Crippen molar-refractivity contribution in [2.45, 2.75) is 33.6 Å². The number of nitrogens with one attached hydrogen (secondary N) is 1. The van der Waals surface area contributed by atoms with E-state index < -0.39 is 10.0 Å². The molecule has 120 valence electrons. The molecular formula is C15H27N3O2S. The first kappa shape index (κ1) is 17.8. The summed E-state index contributed by atoms with van der Waals surface area (Å²) in [7, 11) is -3.14. The van der Waals surface area contributed by atoms with E-state index in [1.807, 2.05) is 12.1 Å². The number of rotatable bonds is 8. The van der Waals surface area contributed by atoms with Crippen molar-refractivity contribution in [2.75, 3.05) is 36.5 Å². The van der Waals surface area contributed by atoms with Gasteiger partial charge in [-0.2, -0.15) is 0 Å². The Bertz CT molecular complexity index is 571. The van der Waals surface area contributed by atoms with Gasteiger partial charge in [0.05, 0.1) is 6.26 Å². The summed E-state index contributed by atoms with van der Waals surface area (Å²) in [5.74, 6) is 0. The maximum absolute atomic E-state index is 11.2. The second-order valence-corrected chi connectivity index (χ2v) is 6.92. The summed E-state index contributed by atoms with van der Waals surface area (Å²) in [4.78, 5) is 2.19. The van der Waals surface area contributed by atoms with E-state index in [1.54, 1.807) is 0 Å². The molecule has 0 saturated heterocycles. The normalized spacial score (nSPS) is 11.6. The molecule has 0 unspecified atom stereocenters. The molecule has 0 heterocycles. The number of nitrogens with zero attached hydrogens (tertiary/aromatic N) is 1. The molecule has 1 rings (SSSR count). The summed E-state index contributed by atoms with van der Waals surface area (Å²) in [5.41, 5.74) is 10.5. The lowest BCUT2D eigenvalue weighted by Gasteiger charge is -2.27. The number of hydrogen-bond donors (Lipinski definition) is 2. The Kier molecular flexibility index (Phi) is 6.48. The van der Waals surface area contributed by atoms with Crippen LogP contribution in [0.5, 0.6) is 0 Å². The lowest BCUT2D eigenvalue weighted by Crippen LogP contribution is -2.35. The second-order valence-electron chi connectivity index (χ2n) is 5.08. The highest BCUT2D eigenvalue weighted by Gasteiger charge is 2.14. The van der Waals surface area contributed by atoms with Gasteiger partial charge >= 0.3 is 0 Å². The molecule has 0 fully saturated rings. The van der Waals surface area contributed by atoms with Gasteiger partial charge in [-0.05, 0) is 43.0 Å². The molecule has 1 aromatic rings. The average molecular weight is 313 g/mol. The van der Waals surface area contributed by atoms with Crippen LogP contribution in [-0.4, -0.2) is 34.3 Å². The SMILES string of the molecule is CCc1c(N)ccc(N(CC)CCNS(C)(=O)=O)c1CC. The third-order valence-electron chi connectivity index (χ3n) is 3.62. The zero-order valence-electron chi connectivity index (χ0n) is 13.4. The van der Waals surface area contributed by atoms with Crippen molar-refractivity contribution in [3.05, 3.63) is 23.3 Å². The van der Waals surface area contributed by atoms with Gasteiger partial charge in [-0.3, -0.25) is 0 Å². The van der Waals surface area contributed by atoms with Gasteiger partial charge in [0.2, 0.25) is 10.0 Å². The van der Waals surface area contributed by atoms with Gasteiger partial charge in [0.15, 0.2) is 0 Å². The molecule has 0 aliphatic heterocycles. The zero-order valence-corrected chi connectivity index (χ0v) is 14.3. The number of nitrogens with two attached hydrogens (primary N) is 1. The van der Waals surface area contributed by atoms with Gasteiger partial charge in [-0.15, -0.1) is 0 Å². The lowest BCUT2D eigenvalue weighted by molar-refractivity contribution is 0.587. The molecule has 3 N–H and O–H groups in total. The van der Waals surface area contributed by atoms with Crippen molar-refractivity contribution in [3.8, 4) is 0 Å². The van der Waals surface area contributed by atoms with Gasteiger partial charge in [0, 0.05) is 31.0 Å². The first-order valence-corrected chi connectivity index (χ1v) is 9.32. The highest BCUT2D eigenvalue weighted by molar-refractivity contribution is 7.88. The average Bonchev–Trinajstić information content (AvgIpc) is 2.42. The summed E-state index contributed by atoms with van der Waals surface area (Å²) in [5, 5.41) is 0. The Morgan fingerprint density at radius 1 is 1.14 bits per heavy atom. The number of anilines is 2. The third kappa shape index (κ3) is 4.89. The lowest BCUT2D eigenvalue weighted by atomic mass is 9.98. The fourth-order valence-electron chi connectivity index (χ4n) is 2.62. The fraction of sp³-hybridized carbons (Fsp3) is 0.600. The quantitative estimate of drug-likeness (QED) is 0.717. The van der Waals surface area contributed by atoms with Crippen LogP contribution in [0.25, 0.3) is 0 Å². The molecule has 0 radical (unpaired) electrons. The highest BCUT2D eigenvalue weighted by Crippen LogP contribution is 2.29. The minimum Gasteiger partial charge on any atom is -0.398 e. The molecule has 6 heteroatoms.